The van der Waals surface area contributed by atoms with Crippen LogP contribution < -0.4 is 5.32 Å². The van der Waals surface area contributed by atoms with Crippen molar-refractivity contribution in [3.05, 3.63) is 12.7 Å². The van der Waals surface area contributed by atoms with Gasteiger partial charge in [-0.05, 0) is 20.8 Å². The van der Waals surface area contributed by atoms with E-state index in [1.807, 2.05) is 0 Å². The molecule has 91 valence electrons. The van der Waals surface area contributed by atoms with E-state index in [1.165, 1.54) is 4.90 Å². The Morgan fingerprint density at radius 1 is 1.56 bits per heavy atom. The Morgan fingerprint density at radius 3 is 2.62 bits per heavy atom. The number of carbonyl (C=O) groups excluding carboxylic acids is 2. The predicted octanol–water partition coefficient (Wildman–Crippen LogP) is 1.07. The minimum Gasteiger partial charge on any atom is -0.444 e. The number of hydrogen-bond donors (Lipinski definition) is 1. The first-order chi connectivity index (χ1) is 7.40. The zero-order valence-electron chi connectivity index (χ0n) is 10.1. The number of hydrogen-bond acceptors (Lipinski definition) is 3. The van der Waals surface area contributed by atoms with Gasteiger partial charge in [0.05, 0.1) is 0 Å². The van der Waals surface area contributed by atoms with E-state index in [0.717, 1.165) is 0 Å². The Balaban J connectivity index is 4.22. The molecule has 1 radical (unpaired) electrons. The molecule has 0 atom stereocenters. The zero-order valence-corrected chi connectivity index (χ0v) is 10.1. The van der Waals surface area contributed by atoms with Gasteiger partial charge in [-0.3, -0.25) is 4.79 Å². The monoisotopic (exact) mass is 227 g/mol. The minimum atomic E-state index is -0.527. The number of ether oxygens (including phenoxy) is 1. The topological polar surface area (TPSA) is 58.6 Å². The number of nitrogens with one attached hydrogen (secondary N) is 1. The lowest BCUT2D eigenvalue weighted by Gasteiger charge is -2.26. The van der Waals surface area contributed by atoms with Crippen molar-refractivity contribution in [1.82, 2.24) is 10.2 Å². The van der Waals surface area contributed by atoms with E-state index in [0.29, 0.717) is 19.6 Å². The van der Waals surface area contributed by atoms with Crippen LogP contribution in [0.25, 0.3) is 0 Å². The third-order valence-electron chi connectivity index (χ3n) is 1.58. The molecule has 5 heteroatoms. The number of rotatable bonds is 6. The smallest absolute Gasteiger partial charge is 0.410 e. The highest BCUT2D eigenvalue weighted by molar-refractivity contribution is 5.68. The summed E-state index contributed by atoms with van der Waals surface area (Å²) in [7, 11) is 0. The normalized spacial score (nSPS) is 10.4. The molecular weight excluding hydrogens is 208 g/mol. The van der Waals surface area contributed by atoms with Crippen LogP contribution in [0.1, 0.15) is 20.8 Å². The van der Waals surface area contributed by atoms with Crippen molar-refractivity contribution in [3.8, 4) is 0 Å². The lowest BCUT2D eigenvalue weighted by molar-refractivity contribution is 0.0275. The maximum absolute atomic E-state index is 11.7. The highest BCUT2D eigenvalue weighted by Gasteiger charge is 2.20. The number of amides is 2. The van der Waals surface area contributed by atoms with Gasteiger partial charge in [-0.1, -0.05) is 6.08 Å². The molecular formula is C11H19N2O3. The van der Waals surface area contributed by atoms with Crippen molar-refractivity contribution in [2.24, 2.45) is 0 Å². The van der Waals surface area contributed by atoms with Crippen LogP contribution in [0, 0.1) is 0 Å². The molecule has 0 rings (SSSR count). The SMILES string of the molecule is C=CCN(CCN[C]=O)C(=O)OC(C)(C)C. The van der Waals surface area contributed by atoms with Crippen LogP contribution in [0.2, 0.25) is 0 Å². The lowest BCUT2D eigenvalue weighted by Crippen LogP contribution is -2.40. The summed E-state index contributed by atoms with van der Waals surface area (Å²) in [4.78, 5) is 23.1. The standard InChI is InChI=1S/C11H19N2O3/c1-5-7-13(8-6-12-9-14)10(15)16-11(2,3)4/h5H,1,6-8H2,2-4H3,(H,12,14). The molecule has 0 unspecified atom stereocenters. The molecule has 0 saturated carbocycles. The van der Waals surface area contributed by atoms with Crippen molar-refractivity contribution in [3.63, 3.8) is 0 Å². The molecule has 5 nitrogen and oxygen atoms in total. The van der Waals surface area contributed by atoms with E-state index in [9.17, 15) is 9.59 Å². The van der Waals surface area contributed by atoms with Gasteiger partial charge in [-0.15, -0.1) is 6.58 Å². The van der Waals surface area contributed by atoms with Crippen LogP contribution >= 0.6 is 0 Å². The fourth-order valence-electron chi connectivity index (χ4n) is 0.981. The maximum Gasteiger partial charge on any atom is 0.410 e. The number of nitrogens with zero attached hydrogens (tertiary/aromatic N) is 1. The van der Waals surface area contributed by atoms with Crippen molar-refractivity contribution in [2.75, 3.05) is 19.6 Å². The van der Waals surface area contributed by atoms with Gasteiger partial charge in [0.2, 0.25) is 0 Å². The van der Waals surface area contributed by atoms with Crippen molar-refractivity contribution < 1.29 is 14.3 Å². The van der Waals surface area contributed by atoms with Gasteiger partial charge in [0.1, 0.15) is 5.60 Å². The molecule has 0 bridgehead atoms. The Morgan fingerprint density at radius 2 is 2.19 bits per heavy atom. The van der Waals surface area contributed by atoms with Crippen LogP contribution in [0.3, 0.4) is 0 Å². The van der Waals surface area contributed by atoms with Gasteiger partial charge in [0.15, 0.2) is 0 Å². The predicted molar refractivity (Wildman–Crippen MR) is 61.7 cm³/mol. The third kappa shape index (κ3) is 6.86. The molecule has 0 aromatic heterocycles. The van der Waals surface area contributed by atoms with Gasteiger partial charge in [-0.25, -0.2) is 4.79 Å². The summed E-state index contributed by atoms with van der Waals surface area (Å²) in [5.41, 5.74) is -0.527. The van der Waals surface area contributed by atoms with Crippen molar-refractivity contribution in [1.29, 1.82) is 0 Å². The summed E-state index contributed by atoms with van der Waals surface area (Å²) < 4.78 is 5.20. The van der Waals surface area contributed by atoms with Crippen molar-refractivity contribution >= 4 is 12.5 Å². The quantitative estimate of drug-likeness (QED) is 0.419. The van der Waals surface area contributed by atoms with Gasteiger partial charge in [0.25, 0.3) is 0 Å². The largest absolute Gasteiger partial charge is 0.444 e. The molecule has 0 aliphatic carbocycles. The summed E-state index contributed by atoms with van der Waals surface area (Å²) in [6.07, 6.45) is 2.74. The first kappa shape index (κ1) is 14.5. The van der Waals surface area contributed by atoms with Crippen LogP contribution in [0.5, 0.6) is 0 Å². The Labute approximate surface area is 96.4 Å². The van der Waals surface area contributed by atoms with Gasteiger partial charge >= 0.3 is 12.5 Å². The molecule has 0 aliphatic heterocycles. The van der Waals surface area contributed by atoms with E-state index in [2.05, 4.69) is 11.9 Å². The van der Waals surface area contributed by atoms with E-state index < -0.39 is 11.7 Å². The average molecular weight is 227 g/mol. The molecule has 0 aliphatic rings. The van der Waals surface area contributed by atoms with Crippen LogP contribution in [-0.2, 0) is 9.53 Å². The fraction of sp³-hybridized carbons (Fsp3) is 0.636. The minimum absolute atomic E-state index is 0.344. The van der Waals surface area contributed by atoms with E-state index in [-0.39, 0.29) is 0 Å². The highest BCUT2D eigenvalue weighted by Crippen LogP contribution is 2.09. The molecule has 0 heterocycles. The van der Waals surface area contributed by atoms with E-state index >= 15 is 0 Å². The Hall–Kier alpha value is -1.52. The second-order valence-electron chi connectivity index (χ2n) is 4.24. The van der Waals surface area contributed by atoms with Gasteiger partial charge in [0, 0.05) is 19.6 Å². The molecule has 0 saturated heterocycles. The van der Waals surface area contributed by atoms with Crippen molar-refractivity contribution in [2.45, 2.75) is 26.4 Å². The molecule has 0 aromatic carbocycles. The zero-order chi connectivity index (χ0) is 12.6. The summed E-state index contributed by atoms with van der Waals surface area (Å²) >= 11 is 0. The molecule has 2 amide bonds. The van der Waals surface area contributed by atoms with Crippen LogP contribution in [0.4, 0.5) is 4.79 Å². The summed E-state index contributed by atoms with van der Waals surface area (Å²) in [6, 6.07) is 0. The fourth-order valence-corrected chi connectivity index (χ4v) is 0.981. The first-order valence-electron chi connectivity index (χ1n) is 5.09. The summed E-state index contributed by atoms with van der Waals surface area (Å²) in [6.45, 7) is 10.1. The third-order valence-corrected chi connectivity index (χ3v) is 1.58. The van der Waals surface area contributed by atoms with Crippen LogP contribution in [0.15, 0.2) is 12.7 Å². The Bertz CT molecular complexity index is 246. The second kappa shape index (κ2) is 6.87. The van der Waals surface area contributed by atoms with Gasteiger partial charge < -0.3 is 15.0 Å². The lowest BCUT2D eigenvalue weighted by atomic mass is 10.2. The molecule has 1 N–H and O–H groups in total. The van der Waals surface area contributed by atoms with Gasteiger partial charge in [-0.2, -0.15) is 0 Å². The highest BCUT2D eigenvalue weighted by atomic mass is 16.6. The second-order valence-corrected chi connectivity index (χ2v) is 4.24. The van der Waals surface area contributed by atoms with E-state index in [4.69, 9.17) is 4.74 Å². The Kier molecular flexibility index (Phi) is 6.22. The van der Waals surface area contributed by atoms with E-state index in [1.54, 1.807) is 33.3 Å². The van der Waals surface area contributed by atoms with Crippen LogP contribution in [-0.4, -0.2) is 42.6 Å². The first-order valence-corrected chi connectivity index (χ1v) is 5.09. The number of carbonyl (C=O) groups is 1. The molecule has 16 heavy (non-hydrogen) atoms. The molecule has 0 fully saturated rings. The average Bonchev–Trinajstić information content (AvgIpc) is 2.14. The summed E-state index contributed by atoms with van der Waals surface area (Å²) in [5, 5.41) is 2.37. The summed E-state index contributed by atoms with van der Waals surface area (Å²) in [5.74, 6) is 0. The maximum atomic E-state index is 11.7. The molecule has 0 spiro atoms. The molecule has 0 aromatic rings.